The average molecular weight is 349 g/mol. The van der Waals surface area contributed by atoms with Crippen LogP contribution in [0.25, 0.3) is 11.1 Å². The highest BCUT2D eigenvalue weighted by atomic mass is 32.2. The fourth-order valence-electron chi connectivity index (χ4n) is 2.57. The molecule has 1 unspecified atom stereocenters. The van der Waals surface area contributed by atoms with Crippen molar-refractivity contribution < 1.29 is 4.79 Å². The van der Waals surface area contributed by atoms with Crippen LogP contribution in [0.5, 0.6) is 0 Å². The lowest BCUT2D eigenvalue weighted by atomic mass is 10.0. The minimum Gasteiger partial charge on any atom is -0.322 e. The Morgan fingerprint density at radius 3 is 2.60 bits per heavy atom. The van der Waals surface area contributed by atoms with Gasteiger partial charge < -0.3 is 5.32 Å². The zero-order valence-electron chi connectivity index (χ0n) is 14.1. The first-order valence-corrected chi connectivity index (χ1v) is 9.26. The molecule has 0 aliphatic carbocycles. The third-order valence-corrected chi connectivity index (χ3v) is 4.99. The van der Waals surface area contributed by atoms with Crippen molar-refractivity contribution in [2.24, 2.45) is 0 Å². The average Bonchev–Trinajstić information content (AvgIpc) is 2.68. The molecule has 0 saturated carbocycles. The van der Waals surface area contributed by atoms with Crippen LogP contribution in [0, 0.1) is 0 Å². The predicted octanol–water partition coefficient (Wildman–Crippen LogP) is 4.82. The summed E-state index contributed by atoms with van der Waals surface area (Å²) in [6.45, 7) is 2.15. The molecule has 0 radical (unpaired) electrons. The third kappa shape index (κ3) is 4.06. The number of thioether (sulfide) groups is 1. The molecule has 0 aliphatic rings. The van der Waals surface area contributed by atoms with Gasteiger partial charge in [-0.15, -0.1) is 0 Å². The van der Waals surface area contributed by atoms with E-state index in [1.807, 2.05) is 42.5 Å². The van der Waals surface area contributed by atoms with Crippen LogP contribution in [0.4, 0.5) is 5.69 Å². The highest BCUT2D eigenvalue weighted by molar-refractivity contribution is 7.98. The highest BCUT2D eigenvalue weighted by Crippen LogP contribution is 2.28. The van der Waals surface area contributed by atoms with E-state index in [2.05, 4.69) is 34.5 Å². The SMILES string of the molecule is CSC(C)c1cccc(NC(=O)c2ccccc2-c2cncnc2)c1. The fraction of sp³-hybridized carbons (Fsp3) is 0.150. The van der Waals surface area contributed by atoms with E-state index in [0.717, 1.165) is 16.8 Å². The van der Waals surface area contributed by atoms with Crippen LogP contribution in [-0.2, 0) is 0 Å². The number of carbonyl (C=O) groups is 1. The highest BCUT2D eigenvalue weighted by Gasteiger charge is 2.13. The van der Waals surface area contributed by atoms with Crippen LogP contribution in [0.15, 0.2) is 67.3 Å². The number of rotatable bonds is 5. The molecule has 1 aromatic heterocycles. The first-order chi connectivity index (χ1) is 12.2. The van der Waals surface area contributed by atoms with Gasteiger partial charge >= 0.3 is 0 Å². The minimum absolute atomic E-state index is 0.145. The molecule has 2 aromatic carbocycles. The van der Waals surface area contributed by atoms with E-state index in [4.69, 9.17) is 0 Å². The monoisotopic (exact) mass is 349 g/mol. The predicted molar refractivity (Wildman–Crippen MR) is 104 cm³/mol. The molecule has 1 atom stereocenters. The van der Waals surface area contributed by atoms with E-state index in [9.17, 15) is 4.79 Å². The van der Waals surface area contributed by atoms with Gasteiger partial charge in [-0.2, -0.15) is 11.8 Å². The number of aromatic nitrogens is 2. The zero-order valence-corrected chi connectivity index (χ0v) is 15.0. The van der Waals surface area contributed by atoms with Crippen LogP contribution in [0.1, 0.15) is 28.1 Å². The molecule has 1 N–H and O–H groups in total. The summed E-state index contributed by atoms with van der Waals surface area (Å²) in [6, 6.07) is 15.4. The van der Waals surface area contributed by atoms with Crippen molar-refractivity contribution in [1.29, 1.82) is 0 Å². The zero-order chi connectivity index (χ0) is 17.6. The molecule has 126 valence electrons. The van der Waals surface area contributed by atoms with Crippen LogP contribution in [0.2, 0.25) is 0 Å². The fourth-order valence-corrected chi connectivity index (χ4v) is 2.99. The summed E-state index contributed by atoms with van der Waals surface area (Å²) >= 11 is 1.77. The number of amides is 1. The van der Waals surface area contributed by atoms with E-state index >= 15 is 0 Å². The van der Waals surface area contributed by atoms with Crippen molar-refractivity contribution in [3.8, 4) is 11.1 Å². The van der Waals surface area contributed by atoms with Gasteiger partial charge in [0.05, 0.1) is 0 Å². The molecule has 0 bridgehead atoms. The molecule has 3 rings (SSSR count). The van der Waals surface area contributed by atoms with E-state index in [0.29, 0.717) is 10.8 Å². The van der Waals surface area contributed by atoms with E-state index in [-0.39, 0.29) is 5.91 Å². The molecule has 0 saturated heterocycles. The first-order valence-electron chi connectivity index (χ1n) is 7.97. The van der Waals surface area contributed by atoms with E-state index < -0.39 is 0 Å². The van der Waals surface area contributed by atoms with Crippen LogP contribution in [-0.4, -0.2) is 22.1 Å². The van der Waals surface area contributed by atoms with E-state index in [1.54, 1.807) is 24.2 Å². The summed E-state index contributed by atoms with van der Waals surface area (Å²) in [5.41, 5.74) is 4.21. The Morgan fingerprint density at radius 1 is 1.08 bits per heavy atom. The molecule has 1 heterocycles. The molecule has 4 nitrogen and oxygen atoms in total. The second kappa shape index (κ2) is 7.94. The molecule has 0 spiro atoms. The Bertz CT molecular complexity index is 868. The lowest BCUT2D eigenvalue weighted by Crippen LogP contribution is -2.13. The Hall–Kier alpha value is -2.66. The number of benzene rings is 2. The van der Waals surface area contributed by atoms with Gasteiger partial charge in [0.15, 0.2) is 0 Å². The van der Waals surface area contributed by atoms with Crippen molar-refractivity contribution >= 4 is 23.4 Å². The van der Waals surface area contributed by atoms with Gasteiger partial charge in [-0.25, -0.2) is 9.97 Å². The lowest BCUT2D eigenvalue weighted by Gasteiger charge is -2.13. The van der Waals surface area contributed by atoms with Crippen molar-refractivity contribution in [2.75, 3.05) is 11.6 Å². The summed E-state index contributed by atoms with van der Waals surface area (Å²) in [6.07, 6.45) is 6.97. The molecule has 0 fully saturated rings. The summed E-state index contributed by atoms with van der Waals surface area (Å²) in [5.74, 6) is -0.145. The number of anilines is 1. The van der Waals surface area contributed by atoms with Gasteiger partial charge in [-0.3, -0.25) is 4.79 Å². The normalized spacial score (nSPS) is 11.8. The Morgan fingerprint density at radius 2 is 1.84 bits per heavy atom. The maximum atomic E-state index is 12.8. The number of hydrogen-bond acceptors (Lipinski definition) is 4. The molecular weight excluding hydrogens is 330 g/mol. The summed E-state index contributed by atoms with van der Waals surface area (Å²) in [5, 5.41) is 3.38. The molecule has 25 heavy (non-hydrogen) atoms. The third-order valence-electron chi connectivity index (χ3n) is 4.01. The van der Waals surface area contributed by atoms with E-state index in [1.165, 1.54) is 11.9 Å². The van der Waals surface area contributed by atoms with Crippen LogP contribution in [0.3, 0.4) is 0 Å². The van der Waals surface area contributed by atoms with Gasteiger partial charge in [0, 0.05) is 34.5 Å². The van der Waals surface area contributed by atoms with Gasteiger partial charge in [0.1, 0.15) is 6.33 Å². The number of carbonyl (C=O) groups excluding carboxylic acids is 1. The van der Waals surface area contributed by atoms with Crippen molar-refractivity contribution in [3.63, 3.8) is 0 Å². The lowest BCUT2D eigenvalue weighted by molar-refractivity contribution is 0.102. The van der Waals surface area contributed by atoms with Gasteiger partial charge in [0.25, 0.3) is 5.91 Å². The quantitative estimate of drug-likeness (QED) is 0.717. The first kappa shape index (κ1) is 17.2. The summed E-state index contributed by atoms with van der Waals surface area (Å²) < 4.78 is 0. The van der Waals surface area contributed by atoms with Crippen molar-refractivity contribution in [1.82, 2.24) is 9.97 Å². The van der Waals surface area contributed by atoms with Crippen molar-refractivity contribution in [3.05, 3.63) is 78.4 Å². The Balaban J connectivity index is 1.88. The van der Waals surface area contributed by atoms with Gasteiger partial charge in [-0.05, 0) is 42.5 Å². The maximum Gasteiger partial charge on any atom is 0.256 e. The Kier molecular flexibility index (Phi) is 5.46. The standard InChI is InChI=1S/C20H19N3OS/c1-14(25-2)15-6-5-7-17(10-15)23-20(24)19-9-4-3-8-18(19)16-11-21-13-22-12-16/h3-14H,1-2H3,(H,23,24). The van der Waals surface area contributed by atoms with Crippen LogP contribution < -0.4 is 5.32 Å². The van der Waals surface area contributed by atoms with Crippen LogP contribution >= 0.6 is 11.8 Å². The number of nitrogens with one attached hydrogen (secondary N) is 1. The smallest absolute Gasteiger partial charge is 0.256 e. The number of nitrogens with zero attached hydrogens (tertiary/aromatic N) is 2. The number of hydrogen-bond donors (Lipinski definition) is 1. The second-order valence-electron chi connectivity index (χ2n) is 5.63. The maximum absolute atomic E-state index is 12.8. The second-order valence-corrected chi connectivity index (χ2v) is 6.81. The minimum atomic E-state index is -0.145. The molecule has 5 heteroatoms. The summed E-state index contributed by atoms with van der Waals surface area (Å²) in [4.78, 5) is 20.9. The topological polar surface area (TPSA) is 54.9 Å². The molecule has 3 aromatic rings. The molecular formula is C20H19N3OS. The summed E-state index contributed by atoms with van der Waals surface area (Å²) in [7, 11) is 0. The largest absolute Gasteiger partial charge is 0.322 e. The Labute approximate surface area is 151 Å². The van der Waals surface area contributed by atoms with Gasteiger partial charge in [0.2, 0.25) is 0 Å². The van der Waals surface area contributed by atoms with Crippen molar-refractivity contribution in [2.45, 2.75) is 12.2 Å². The van der Waals surface area contributed by atoms with Gasteiger partial charge in [-0.1, -0.05) is 30.3 Å². The molecule has 1 amide bonds. The molecule has 0 aliphatic heterocycles.